The molecular weight excluding hydrogens is 859 g/mol. The molecule has 0 saturated heterocycles. The smallest absolute Gasteiger partial charge is 0.220 e. The fourth-order valence-corrected chi connectivity index (χ4v) is 10.1. The summed E-state index contributed by atoms with van der Waals surface area (Å²) >= 11 is 0. The summed E-state index contributed by atoms with van der Waals surface area (Å²) in [6.45, 7) is 4.21. The third kappa shape index (κ3) is 54.3. The molecule has 3 unspecified atom stereocenters. The second-order valence-electron chi connectivity index (χ2n) is 22.0. The first-order valence-corrected chi connectivity index (χ1v) is 31.8. The first-order valence-electron chi connectivity index (χ1n) is 31.8. The third-order valence-electron chi connectivity index (χ3n) is 15.0. The van der Waals surface area contributed by atoms with Crippen LogP contribution in [0, 0.1) is 0 Å². The third-order valence-corrected chi connectivity index (χ3v) is 15.0. The van der Waals surface area contributed by atoms with Gasteiger partial charge >= 0.3 is 0 Å². The molecule has 0 bridgehead atoms. The Hall–Kier alpha value is -1.43. The molecule has 0 radical (unpaired) electrons. The van der Waals surface area contributed by atoms with Crippen LogP contribution in [0.1, 0.15) is 348 Å². The Labute approximate surface area is 438 Å². The summed E-state index contributed by atoms with van der Waals surface area (Å²) in [4.78, 5) is 12.5. The molecule has 5 heteroatoms. The van der Waals surface area contributed by atoms with Crippen LogP contribution in [-0.2, 0) is 4.79 Å². The molecule has 0 aromatic carbocycles. The highest BCUT2D eigenvalue weighted by Crippen LogP contribution is 2.18. The first-order chi connectivity index (χ1) is 34.6. The van der Waals surface area contributed by atoms with Crippen LogP contribution in [0.2, 0.25) is 0 Å². The lowest BCUT2D eigenvalue weighted by Crippen LogP contribution is -2.50. The Bertz CT molecular complexity index is 1090. The first kappa shape index (κ1) is 68.6. The average molecular weight is 985 g/mol. The van der Waals surface area contributed by atoms with E-state index in [1.54, 1.807) is 0 Å². The highest BCUT2D eigenvalue weighted by molar-refractivity contribution is 5.76. The highest BCUT2D eigenvalue weighted by atomic mass is 16.3. The van der Waals surface area contributed by atoms with Gasteiger partial charge in [0.2, 0.25) is 5.91 Å². The minimum absolute atomic E-state index is 0.149. The van der Waals surface area contributed by atoms with Crippen LogP contribution >= 0.6 is 0 Å². The lowest BCUT2D eigenvalue weighted by molar-refractivity contribution is -0.124. The zero-order valence-corrected chi connectivity index (χ0v) is 47.4. The molecule has 0 aromatic rings. The number of unbranched alkanes of at least 4 members (excludes halogenated alkanes) is 45. The summed E-state index contributed by atoms with van der Waals surface area (Å²) in [6.07, 6.45) is 79.1. The highest BCUT2D eigenvalue weighted by Gasteiger charge is 2.26. The Morgan fingerprint density at radius 2 is 0.614 bits per heavy atom. The van der Waals surface area contributed by atoms with Crippen molar-refractivity contribution in [3.8, 4) is 0 Å². The van der Waals surface area contributed by atoms with E-state index in [0.29, 0.717) is 12.8 Å². The lowest BCUT2D eigenvalue weighted by Gasteiger charge is -2.26. The maximum absolute atomic E-state index is 12.5. The number of nitrogens with one attached hydrogen (secondary N) is 1. The SMILES string of the molecule is CCCCCCCCCCCCCCC/C=C\C/C=C\CCCCCCCCCCCCCCCCCCCC(=O)NC(CO)C(O)C(O)CCC/C=C/CCCCCCCCCCCCCCCC. The van der Waals surface area contributed by atoms with Crippen molar-refractivity contribution in [1.29, 1.82) is 0 Å². The van der Waals surface area contributed by atoms with E-state index >= 15 is 0 Å². The predicted octanol–water partition coefficient (Wildman–Crippen LogP) is 20.2. The summed E-state index contributed by atoms with van der Waals surface area (Å²) in [7, 11) is 0. The largest absolute Gasteiger partial charge is 0.394 e. The minimum atomic E-state index is -1.16. The van der Waals surface area contributed by atoms with Crippen molar-refractivity contribution in [1.82, 2.24) is 5.32 Å². The van der Waals surface area contributed by atoms with Gasteiger partial charge in [-0.25, -0.2) is 0 Å². The normalized spacial score (nSPS) is 13.4. The molecular formula is C65H125NO4. The number of aliphatic hydroxyl groups excluding tert-OH is 3. The molecule has 3 atom stereocenters. The van der Waals surface area contributed by atoms with Gasteiger partial charge < -0.3 is 20.6 Å². The number of hydrogen-bond acceptors (Lipinski definition) is 4. The topological polar surface area (TPSA) is 89.8 Å². The number of allylic oxidation sites excluding steroid dienone is 6. The fourth-order valence-electron chi connectivity index (χ4n) is 10.1. The van der Waals surface area contributed by atoms with Crippen LogP contribution in [0.5, 0.6) is 0 Å². The number of hydrogen-bond donors (Lipinski definition) is 4. The summed E-state index contributed by atoms with van der Waals surface area (Å²) in [5.41, 5.74) is 0. The van der Waals surface area contributed by atoms with E-state index in [-0.39, 0.29) is 12.5 Å². The standard InChI is InChI=1S/C65H125NO4/c1-3-5-7-9-11-13-15-17-19-21-23-24-25-26-27-28-29-30-31-32-33-34-35-36-37-38-39-40-42-44-46-48-50-52-54-56-58-60-64(69)66-62(61-67)65(70)63(68)59-57-55-53-51-49-47-45-43-41-22-20-18-16-14-12-10-8-6-4-2/h27-28,30-31,51,53,62-63,65,67-68,70H,3-26,29,32-50,52,54-61H2,1-2H3,(H,66,69)/b28-27-,31-30-,53-51+. The van der Waals surface area contributed by atoms with Gasteiger partial charge in [-0.05, 0) is 70.6 Å². The van der Waals surface area contributed by atoms with Gasteiger partial charge in [-0.2, -0.15) is 0 Å². The Kier molecular flexibility index (Phi) is 58.9. The summed E-state index contributed by atoms with van der Waals surface area (Å²) in [5, 5.41) is 33.8. The number of rotatable bonds is 59. The number of carbonyl (C=O) groups excluding carboxylic acids is 1. The van der Waals surface area contributed by atoms with Gasteiger partial charge in [0.15, 0.2) is 0 Å². The van der Waals surface area contributed by atoms with Crippen LogP contribution in [-0.4, -0.2) is 46.1 Å². The molecule has 0 spiro atoms. The van der Waals surface area contributed by atoms with E-state index in [9.17, 15) is 20.1 Å². The summed E-state index contributed by atoms with van der Waals surface area (Å²) in [6, 6.07) is -0.826. The van der Waals surface area contributed by atoms with Crippen LogP contribution in [0.4, 0.5) is 0 Å². The molecule has 0 rings (SSSR count). The second kappa shape index (κ2) is 60.1. The van der Waals surface area contributed by atoms with Crippen LogP contribution < -0.4 is 5.32 Å². The van der Waals surface area contributed by atoms with E-state index in [4.69, 9.17) is 0 Å². The van der Waals surface area contributed by atoms with Gasteiger partial charge in [0.05, 0.1) is 18.8 Å². The maximum Gasteiger partial charge on any atom is 0.220 e. The second-order valence-corrected chi connectivity index (χ2v) is 22.0. The Morgan fingerprint density at radius 1 is 0.357 bits per heavy atom. The van der Waals surface area contributed by atoms with E-state index in [2.05, 4.69) is 55.6 Å². The van der Waals surface area contributed by atoms with E-state index < -0.39 is 18.2 Å². The quantitative estimate of drug-likeness (QED) is 0.0361. The molecule has 414 valence electrons. The molecule has 0 aliphatic heterocycles. The zero-order chi connectivity index (χ0) is 50.7. The van der Waals surface area contributed by atoms with Crippen molar-refractivity contribution < 1.29 is 20.1 Å². The van der Waals surface area contributed by atoms with E-state index in [1.165, 1.54) is 276 Å². The number of aliphatic hydroxyl groups is 3. The Balaban J connectivity index is 3.49. The molecule has 70 heavy (non-hydrogen) atoms. The van der Waals surface area contributed by atoms with Crippen molar-refractivity contribution in [3.63, 3.8) is 0 Å². The monoisotopic (exact) mass is 984 g/mol. The van der Waals surface area contributed by atoms with E-state index in [0.717, 1.165) is 44.9 Å². The van der Waals surface area contributed by atoms with Gasteiger partial charge in [0.25, 0.3) is 0 Å². The molecule has 0 saturated carbocycles. The molecule has 5 nitrogen and oxygen atoms in total. The summed E-state index contributed by atoms with van der Waals surface area (Å²) in [5.74, 6) is -0.149. The predicted molar refractivity (Wildman–Crippen MR) is 310 cm³/mol. The lowest BCUT2D eigenvalue weighted by atomic mass is 10.0. The van der Waals surface area contributed by atoms with Crippen molar-refractivity contribution >= 4 is 5.91 Å². The molecule has 4 N–H and O–H groups in total. The molecule has 1 amide bonds. The van der Waals surface area contributed by atoms with Crippen LogP contribution in [0.15, 0.2) is 36.5 Å². The molecule has 0 aliphatic carbocycles. The van der Waals surface area contributed by atoms with Gasteiger partial charge in [-0.15, -0.1) is 0 Å². The summed E-state index contributed by atoms with van der Waals surface area (Å²) < 4.78 is 0. The molecule has 0 aromatic heterocycles. The minimum Gasteiger partial charge on any atom is -0.394 e. The van der Waals surface area contributed by atoms with Crippen molar-refractivity contribution in [2.24, 2.45) is 0 Å². The fraction of sp³-hybridized carbons (Fsp3) is 0.892. The van der Waals surface area contributed by atoms with E-state index in [1.807, 2.05) is 0 Å². The van der Waals surface area contributed by atoms with Gasteiger partial charge in [0, 0.05) is 6.42 Å². The van der Waals surface area contributed by atoms with Crippen LogP contribution in [0.25, 0.3) is 0 Å². The van der Waals surface area contributed by atoms with Gasteiger partial charge in [0.1, 0.15) is 6.10 Å². The van der Waals surface area contributed by atoms with Gasteiger partial charge in [-0.3, -0.25) is 4.79 Å². The molecule has 0 heterocycles. The molecule has 0 fully saturated rings. The number of carbonyl (C=O) groups is 1. The zero-order valence-electron chi connectivity index (χ0n) is 47.4. The van der Waals surface area contributed by atoms with Crippen molar-refractivity contribution in [2.45, 2.75) is 366 Å². The van der Waals surface area contributed by atoms with Crippen molar-refractivity contribution in [3.05, 3.63) is 36.5 Å². The maximum atomic E-state index is 12.5. The molecule has 0 aliphatic rings. The van der Waals surface area contributed by atoms with Crippen LogP contribution in [0.3, 0.4) is 0 Å². The number of amides is 1. The van der Waals surface area contributed by atoms with Crippen molar-refractivity contribution in [2.75, 3.05) is 6.61 Å². The Morgan fingerprint density at radius 3 is 0.914 bits per heavy atom. The van der Waals surface area contributed by atoms with Gasteiger partial charge in [-0.1, -0.05) is 307 Å². The average Bonchev–Trinajstić information content (AvgIpc) is 3.36.